The highest BCUT2D eigenvalue weighted by atomic mass is 79.9. The maximum absolute atomic E-state index is 12.7. The van der Waals surface area contributed by atoms with E-state index in [1.165, 1.54) is 0 Å². The molecule has 2 aliphatic rings. The van der Waals surface area contributed by atoms with E-state index in [9.17, 15) is 4.79 Å². The number of nitrogens with zero attached hydrogens (tertiary/aromatic N) is 1. The van der Waals surface area contributed by atoms with Crippen LogP contribution in [0.1, 0.15) is 36.0 Å². The van der Waals surface area contributed by atoms with Gasteiger partial charge in [0, 0.05) is 22.5 Å². The van der Waals surface area contributed by atoms with E-state index >= 15 is 0 Å². The minimum Gasteiger partial charge on any atom is -0.497 e. The lowest BCUT2D eigenvalue weighted by Crippen LogP contribution is -2.46. The van der Waals surface area contributed by atoms with Gasteiger partial charge in [-0.2, -0.15) is 0 Å². The van der Waals surface area contributed by atoms with Crippen molar-refractivity contribution in [1.29, 1.82) is 0 Å². The van der Waals surface area contributed by atoms with Crippen LogP contribution in [-0.4, -0.2) is 34.8 Å². The third-order valence-electron chi connectivity index (χ3n) is 4.23. The molecule has 3 nitrogen and oxygen atoms in total. The lowest BCUT2D eigenvalue weighted by atomic mass is 10.0. The highest BCUT2D eigenvalue weighted by Gasteiger charge is 2.42. The van der Waals surface area contributed by atoms with Gasteiger partial charge in [-0.3, -0.25) is 4.79 Å². The van der Waals surface area contributed by atoms with Gasteiger partial charge in [-0.1, -0.05) is 22.0 Å². The van der Waals surface area contributed by atoms with Gasteiger partial charge < -0.3 is 9.64 Å². The molecule has 1 amide bonds. The highest BCUT2D eigenvalue weighted by molar-refractivity contribution is 9.09. The summed E-state index contributed by atoms with van der Waals surface area (Å²) in [5.41, 5.74) is 0.740. The molecule has 0 aromatic heterocycles. The molecular formula is C15H18BrNO2. The van der Waals surface area contributed by atoms with Crippen molar-refractivity contribution in [3.05, 3.63) is 29.8 Å². The topological polar surface area (TPSA) is 29.5 Å². The van der Waals surface area contributed by atoms with Crippen LogP contribution in [-0.2, 0) is 0 Å². The molecule has 0 spiro atoms. The number of hydrogen-bond acceptors (Lipinski definition) is 2. The predicted octanol–water partition coefficient (Wildman–Crippen LogP) is 3.23. The van der Waals surface area contributed by atoms with Crippen molar-refractivity contribution in [2.45, 2.75) is 42.6 Å². The van der Waals surface area contributed by atoms with Crippen LogP contribution in [0.25, 0.3) is 0 Å². The van der Waals surface area contributed by atoms with Crippen LogP contribution in [0, 0.1) is 0 Å². The van der Waals surface area contributed by atoms with Gasteiger partial charge in [-0.15, -0.1) is 0 Å². The molecule has 3 rings (SSSR count). The summed E-state index contributed by atoms with van der Waals surface area (Å²) in [5.74, 6) is 0.902. The van der Waals surface area contributed by atoms with E-state index in [1.54, 1.807) is 7.11 Å². The number of ether oxygens (including phenoxy) is 1. The molecule has 2 saturated heterocycles. The molecule has 102 valence electrons. The maximum Gasteiger partial charge on any atom is 0.254 e. The first-order valence-electron chi connectivity index (χ1n) is 6.80. The number of carbonyl (C=O) groups is 1. The zero-order chi connectivity index (χ0) is 13.4. The number of benzene rings is 1. The molecule has 1 aromatic rings. The Hall–Kier alpha value is -1.03. The first kappa shape index (κ1) is 13.0. The molecule has 0 radical (unpaired) electrons. The fourth-order valence-corrected chi connectivity index (χ4v) is 4.21. The van der Waals surface area contributed by atoms with Gasteiger partial charge in [0.1, 0.15) is 5.75 Å². The minimum atomic E-state index is 0.158. The number of carbonyl (C=O) groups excluding carboxylic acids is 1. The number of rotatable bonds is 2. The fourth-order valence-electron chi connectivity index (χ4n) is 3.35. The van der Waals surface area contributed by atoms with Crippen molar-refractivity contribution in [2.75, 3.05) is 7.11 Å². The number of methoxy groups -OCH3 is 1. The largest absolute Gasteiger partial charge is 0.497 e. The summed E-state index contributed by atoms with van der Waals surface area (Å²) in [6.07, 6.45) is 4.43. The third-order valence-corrected chi connectivity index (χ3v) is 4.97. The minimum absolute atomic E-state index is 0.158. The Kier molecular flexibility index (Phi) is 3.52. The van der Waals surface area contributed by atoms with Crippen molar-refractivity contribution in [1.82, 2.24) is 4.90 Å². The van der Waals surface area contributed by atoms with E-state index in [0.29, 0.717) is 16.9 Å². The van der Waals surface area contributed by atoms with Crippen LogP contribution in [0.3, 0.4) is 0 Å². The lowest BCUT2D eigenvalue weighted by molar-refractivity contribution is 0.0603. The maximum atomic E-state index is 12.7. The van der Waals surface area contributed by atoms with Crippen molar-refractivity contribution < 1.29 is 9.53 Å². The summed E-state index contributed by atoms with van der Waals surface area (Å²) in [6.45, 7) is 0. The van der Waals surface area contributed by atoms with E-state index in [1.807, 2.05) is 24.3 Å². The van der Waals surface area contributed by atoms with Gasteiger partial charge in [0.15, 0.2) is 0 Å². The Labute approximate surface area is 122 Å². The molecule has 0 aliphatic carbocycles. The molecule has 2 heterocycles. The Morgan fingerprint density at radius 3 is 2.63 bits per heavy atom. The van der Waals surface area contributed by atoms with Crippen LogP contribution in [0.5, 0.6) is 5.75 Å². The second kappa shape index (κ2) is 5.16. The predicted molar refractivity (Wildman–Crippen MR) is 77.9 cm³/mol. The van der Waals surface area contributed by atoms with Crippen molar-refractivity contribution in [3.63, 3.8) is 0 Å². The summed E-state index contributed by atoms with van der Waals surface area (Å²) in [7, 11) is 1.63. The van der Waals surface area contributed by atoms with Crippen molar-refractivity contribution >= 4 is 21.8 Å². The van der Waals surface area contributed by atoms with Gasteiger partial charge in [0.2, 0.25) is 0 Å². The summed E-state index contributed by atoms with van der Waals surface area (Å²) in [6, 6.07) is 8.28. The molecule has 2 bridgehead atoms. The third kappa shape index (κ3) is 2.38. The first-order chi connectivity index (χ1) is 9.19. The monoisotopic (exact) mass is 323 g/mol. The summed E-state index contributed by atoms with van der Waals surface area (Å²) < 4.78 is 5.20. The number of alkyl halides is 1. The van der Waals surface area contributed by atoms with Crippen LogP contribution in [0.15, 0.2) is 24.3 Å². The van der Waals surface area contributed by atoms with Gasteiger partial charge in [-0.25, -0.2) is 0 Å². The number of piperidine rings is 1. The average molecular weight is 324 g/mol. The summed E-state index contributed by atoms with van der Waals surface area (Å²) in [5, 5.41) is 0. The van der Waals surface area contributed by atoms with Gasteiger partial charge in [-0.05, 0) is 43.9 Å². The zero-order valence-electron chi connectivity index (χ0n) is 11.0. The second-order valence-corrected chi connectivity index (χ2v) is 6.69. The van der Waals surface area contributed by atoms with Crippen LogP contribution < -0.4 is 4.74 Å². The quantitative estimate of drug-likeness (QED) is 0.782. The van der Waals surface area contributed by atoms with E-state index in [-0.39, 0.29) is 5.91 Å². The zero-order valence-corrected chi connectivity index (χ0v) is 12.6. The van der Waals surface area contributed by atoms with Crippen LogP contribution in [0.2, 0.25) is 0 Å². The molecule has 0 N–H and O–H groups in total. The van der Waals surface area contributed by atoms with E-state index < -0.39 is 0 Å². The second-order valence-electron chi connectivity index (χ2n) is 5.40. The molecule has 19 heavy (non-hydrogen) atoms. The van der Waals surface area contributed by atoms with Crippen molar-refractivity contribution in [3.8, 4) is 5.75 Å². The van der Waals surface area contributed by atoms with E-state index in [4.69, 9.17) is 4.74 Å². The van der Waals surface area contributed by atoms with Gasteiger partial charge >= 0.3 is 0 Å². The lowest BCUT2D eigenvalue weighted by Gasteiger charge is -2.37. The molecule has 1 aromatic carbocycles. The first-order valence-corrected chi connectivity index (χ1v) is 7.71. The molecule has 2 aliphatic heterocycles. The van der Waals surface area contributed by atoms with Crippen molar-refractivity contribution in [2.24, 2.45) is 0 Å². The molecular weight excluding hydrogens is 306 g/mol. The Morgan fingerprint density at radius 2 is 2.00 bits per heavy atom. The highest BCUT2D eigenvalue weighted by Crippen LogP contribution is 2.39. The molecule has 2 atom stereocenters. The Bertz CT molecular complexity index is 477. The average Bonchev–Trinajstić information content (AvgIpc) is 2.70. The van der Waals surface area contributed by atoms with E-state index in [2.05, 4.69) is 20.8 Å². The molecule has 2 fully saturated rings. The number of amides is 1. The smallest absolute Gasteiger partial charge is 0.254 e. The molecule has 2 unspecified atom stereocenters. The van der Waals surface area contributed by atoms with Gasteiger partial charge in [0.05, 0.1) is 7.11 Å². The standard InChI is InChI=1S/C15H18BrNO2/c1-19-14-4-2-3-10(7-14)15(18)17-12-5-6-13(17)9-11(16)8-12/h2-4,7,11-13H,5-6,8-9H2,1H3. The van der Waals surface area contributed by atoms with E-state index in [0.717, 1.165) is 37.0 Å². The number of fused-ring (bicyclic) bond motifs is 2. The molecule has 0 saturated carbocycles. The van der Waals surface area contributed by atoms with Crippen LogP contribution >= 0.6 is 15.9 Å². The fraction of sp³-hybridized carbons (Fsp3) is 0.533. The Morgan fingerprint density at radius 1 is 1.32 bits per heavy atom. The summed E-state index contributed by atoms with van der Waals surface area (Å²) >= 11 is 3.71. The van der Waals surface area contributed by atoms with Gasteiger partial charge in [0.25, 0.3) is 5.91 Å². The normalized spacial score (nSPS) is 29.4. The molecule has 4 heteroatoms. The van der Waals surface area contributed by atoms with Crippen LogP contribution in [0.4, 0.5) is 0 Å². The number of hydrogen-bond donors (Lipinski definition) is 0. The number of halogens is 1. The SMILES string of the molecule is COc1cccc(C(=O)N2C3CCC2CC(Br)C3)c1. The summed E-state index contributed by atoms with van der Waals surface area (Å²) in [4.78, 5) is 15.4. The Balaban J connectivity index is 1.84.